The van der Waals surface area contributed by atoms with Crippen LogP contribution in [0.4, 0.5) is 0 Å². The number of para-hydroxylation sites is 4. The second-order valence-electron chi connectivity index (χ2n) is 17.3. The number of hydrogen-bond donors (Lipinski definition) is 0. The summed E-state index contributed by atoms with van der Waals surface area (Å²) in [6, 6.07) is 79.9. The summed E-state index contributed by atoms with van der Waals surface area (Å²) in [5.41, 5.74) is 16.3. The van der Waals surface area contributed by atoms with Crippen molar-refractivity contribution in [1.82, 2.24) is 9.13 Å². The largest absolute Gasteiger partial charge is 0.309 e. The second kappa shape index (κ2) is 14.9. The molecule has 0 unspecified atom stereocenters. The fourth-order valence-corrected chi connectivity index (χ4v) is 11.0. The predicted molar refractivity (Wildman–Crippen MR) is 284 cm³/mol. The van der Waals surface area contributed by atoms with Crippen LogP contribution in [0.3, 0.4) is 0 Å². The van der Waals surface area contributed by atoms with E-state index in [9.17, 15) is 0 Å². The topological polar surface area (TPSA) is 9.86 Å². The van der Waals surface area contributed by atoms with Crippen LogP contribution in [-0.2, 0) is 0 Å². The lowest BCUT2D eigenvalue weighted by molar-refractivity contribution is 1.17. The molecular weight excluding hydrogens is 797 g/mol. The first-order chi connectivity index (χ1) is 32.7. The van der Waals surface area contributed by atoms with E-state index in [1.165, 1.54) is 109 Å². The Morgan fingerprint density at radius 1 is 0.288 bits per heavy atom. The molecule has 2 heteroatoms. The molecule has 0 amide bonds. The maximum Gasteiger partial charge on any atom is 0.0541 e. The van der Waals surface area contributed by atoms with Crippen molar-refractivity contribution < 1.29 is 0 Å². The Kier molecular flexibility index (Phi) is 8.56. The van der Waals surface area contributed by atoms with Crippen molar-refractivity contribution in [2.24, 2.45) is 0 Å². The van der Waals surface area contributed by atoms with Crippen molar-refractivity contribution in [2.75, 3.05) is 0 Å². The van der Waals surface area contributed by atoms with E-state index in [2.05, 4.69) is 241 Å². The molecule has 0 spiro atoms. The summed E-state index contributed by atoms with van der Waals surface area (Å²) in [4.78, 5) is 0. The Morgan fingerprint density at radius 3 is 1.17 bits per heavy atom. The molecule has 308 valence electrons. The van der Waals surface area contributed by atoms with Gasteiger partial charge in [0, 0.05) is 32.8 Å². The average molecular weight is 839 g/mol. The Bertz CT molecular complexity index is 4050. The van der Waals surface area contributed by atoms with Gasteiger partial charge in [0.25, 0.3) is 0 Å². The Hall–Kier alpha value is -8.72. The Morgan fingerprint density at radius 2 is 0.667 bits per heavy atom. The number of hydrogen-bond acceptors (Lipinski definition) is 0. The van der Waals surface area contributed by atoms with Crippen LogP contribution in [0.5, 0.6) is 0 Å². The van der Waals surface area contributed by atoms with Gasteiger partial charge in [-0.1, -0.05) is 195 Å². The van der Waals surface area contributed by atoms with Crippen LogP contribution in [0.1, 0.15) is 11.1 Å². The summed E-state index contributed by atoms with van der Waals surface area (Å²) >= 11 is 0. The van der Waals surface area contributed by atoms with E-state index in [4.69, 9.17) is 0 Å². The molecule has 11 aromatic carbocycles. The van der Waals surface area contributed by atoms with E-state index in [-0.39, 0.29) is 0 Å². The highest BCUT2D eigenvalue weighted by Crippen LogP contribution is 2.44. The molecule has 2 nitrogen and oxygen atoms in total. The van der Waals surface area contributed by atoms with E-state index in [0.29, 0.717) is 0 Å². The van der Waals surface area contributed by atoms with Crippen LogP contribution in [0.15, 0.2) is 232 Å². The van der Waals surface area contributed by atoms with E-state index in [1.807, 2.05) is 12.2 Å². The predicted octanol–water partition coefficient (Wildman–Crippen LogP) is 17.6. The van der Waals surface area contributed by atoms with Crippen LogP contribution < -0.4 is 0 Å². The lowest BCUT2D eigenvalue weighted by Gasteiger charge is -2.20. The van der Waals surface area contributed by atoms with Gasteiger partial charge < -0.3 is 9.13 Å². The third kappa shape index (κ3) is 5.62. The van der Waals surface area contributed by atoms with Gasteiger partial charge in [0.05, 0.1) is 27.8 Å². The fraction of sp³-hybridized carbons (Fsp3) is 0. The van der Waals surface area contributed by atoms with Gasteiger partial charge in [-0.2, -0.15) is 0 Å². The molecule has 0 bridgehead atoms. The minimum Gasteiger partial charge on any atom is -0.309 e. The molecule has 0 radical (unpaired) electrons. The zero-order valence-corrected chi connectivity index (χ0v) is 36.2. The first-order valence-electron chi connectivity index (χ1n) is 22.7. The van der Waals surface area contributed by atoms with Crippen LogP contribution in [0.2, 0.25) is 0 Å². The molecule has 0 atom stereocenters. The molecule has 2 aromatic heterocycles. The zero-order valence-electron chi connectivity index (χ0n) is 36.2. The molecule has 66 heavy (non-hydrogen) atoms. The van der Waals surface area contributed by atoms with Gasteiger partial charge in [0.2, 0.25) is 0 Å². The van der Waals surface area contributed by atoms with Crippen molar-refractivity contribution in [3.05, 3.63) is 243 Å². The lowest BCUT2D eigenvalue weighted by atomic mass is 9.86. The molecule has 2 heterocycles. The van der Waals surface area contributed by atoms with Crippen LogP contribution in [-0.4, -0.2) is 9.13 Å². The highest BCUT2D eigenvalue weighted by molar-refractivity contribution is 6.14. The number of rotatable bonds is 7. The first-order valence-corrected chi connectivity index (χ1v) is 22.7. The number of aromatic nitrogens is 2. The summed E-state index contributed by atoms with van der Waals surface area (Å²) in [7, 11) is 0. The molecule has 0 saturated heterocycles. The molecule has 0 aliphatic rings. The summed E-state index contributed by atoms with van der Waals surface area (Å²) in [5.74, 6) is 0. The fourth-order valence-electron chi connectivity index (χ4n) is 11.0. The molecule has 0 saturated carbocycles. The van der Waals surface area contributed by atoms with Crippen molar-refractivity contribution in [2.45, 2.75) is 0 Å². The highest BCUT2D eigenvalue weighted by Gasteiger charge is 2.20. The van der Waals surface area contributed by atoms with Crippen molar-refractivity contribution >= 4 is 88.1 Å². The van der Waals surface area contributed by atoms with E-state index in [0.717, 1.165) is 22.4 Å². The van der Waals surface area contributed by atoms with E-state index in [1.54, 1.807) is 0 Å². The average Bonchev–Trinajstić information content (AvgIpc) is 3.90. The monoisotopic (exact) mass is 838 g/mol. The van der Waals surface area contributed by atoms with Crippen LogP contribution in [0, 0.1) is 0 Å². The van der Waals surface area contributed by atoms with E-state index >= 15 is 0 Å². The van der Waals surface area contributed by atoms with Crippen molar-refractivity contribution in [3.8, 4) is 44.8 Å². The minimum absolute atomic E-state index is 1.06. The smallest absolute Gasteiger partial charge is 0.0541 e. The summed E-state index contributed by atoms with van der Waals surface area (Å²) in [6.45, 7) is 8.74. The second-order valence-corrected chi connectivity index (χ2v) is 17.3. The molecule has 0 fully saturated rings. The van der Waals surface area contributed by atoms with Gasteiger partial charge in [-0.3, -0.25) is 0 Å². The Balaban J connectivity index is 0.912. The Labute approximate surface area is 382 Å². The van der Waals surface area contributed by atoms with Crippen LogP contribution in [0.25, 0.3) is 133 Å². The SMILES string of the molecule is C=Cc1c(-c2ccc(-c3ccc(-c4ccc5cc(-n6c7ccccc7c7ccccc76)ccc5c4)c4ccccc34)c3ccccc23)ccc(-n2c3ccccc3c3ccccc32)c1C=C. The van der Waals surface area contributed by atoms with Crippen LogP contribution >= 0.6 is 0 Å². The zero-order chi connectivity index (χ0) is 43.9. The quantitative estimate of drug-likeness (QED) is 0.151. The van der Waals surface area contributed by atoms with Gasteiger partial charge in [-0.05, 0) is 120 Å². The van der Waals surface area contributed by atoms with Crippen molar-refractivity contribution in [3.63, 3.8) is 0 Å². The lowest BCUT2D eigenvalue weighted by Crippen LogP contribution is -2.00. The minimum atomic E-state index is 1.06. The molecule has 13 rings (SSSR count). The molecular formula is C64H42N2. The normalized spacial score (nSPS) is 11.8. The third-order valence-electron chi connectivity index (χ3n) is 13.9. The maximum atomic E-state index is 4.38. The molecule has 0 aliphatic heterocycles. The van der Waals surface area contributed by atoms with Crippen molar-refractivity contribution in [1.29, 1.82) is 0 Å². The summed E-state index contributed by atoms with van der Waals surface area (Å²) in [6.07, 6.45) is 3.99. The highest BCUT2D eigenvalue weighted by atomic mass is 15.0. The third-order valence-corrected chi connectivity index (χ3v) is 13.9. The molecule has 0 aliphatic carbocycles. The molecule has 13 aromatic rings. The standard InChI is InChI=1S/C64H42N2/c1-3-45-46(4-2)64(66-62-27-15-11-23-58(62)59-24-12-16-28-63(59)66)38-37-52(45)53-35-36-55(51-20-8-7-19-50(51)53)54-34-33-47(48-17-5-6-18-49(48)54)43-30-29-42-40-44(32-31-41(42)39-43)65-60-25-13-9-21-56(60)57-22-10-14-26-61(57)65/h3-40H,1-2H2. The van der Waals surface area contributed by atoms with Gasteiger partial charge in [0.1, 0.15) is 0 Å². The number of nitrogens with zero attached hydrogens (tertiary/aromatic N) is 2. The van der Waals surface area contributed by atoms with Gasteiger partial charge >= 0.3 is 0 Å². The number of fused-ring (bicyclic) bond motifs is 9. The van der Waals surface area contributed by atoms with E-state index < -0.39 is 0 Å². The maximum absolute atomic E-state index is 4.38. The van der Waals surface area contributed by atoms with Gasteiger partial charge in [-0.15, -0.1) is 0 Å². The number of benzene rings is 11. The first kappa shape index (κ1) is 37.8. The summed E-state index contributed by atoms with van der Waals surface area (Å²) < 4.78 is 4.76. The van der Waals surface area contributed by atoms with Gasteiger partial charge in [0.15, 0.2) is 0 Å². The van der Waals surface area contributed by atoms with Gasteiger partial charge in [-0.25, -0.2) is 0 Å². The molecule has 0 N–H and O–H groups in total. The summed E-state index contributed by atoms with van der Waals surface area (Å²) in [5, 5.41) is 12.3.